The molecule has 0 aliphatic heterocycles. The molecule has 2 aromatic carbocycles. The van der Waals surface area contributed by atoms with Crippen LogP contribution in [0.25, 0.3) is 0 Å². The number of benzene rings is 2. The van der Waals surface area contributed by atoms with E-state index >= 15 is 0 Å². The Balaban J connectivity index is 2.02. The zero-order valence-electron chi connectivity index (χ0n) is 15.9. The Kier molecular flexibility index (Phi) is 8.32. The van der Waals surface area contributed by atoms with Gasteiger partial charge in [0.1, 0.15) is 12.6 Å². The predicted molar refractivity (Wildman–Crippen MR) is 105 cm³/mol. The number of hydrogen-bond acceptors (Lipinski definition) is 6. The van der Waals surface area contributed by atoms with Crippen LogP contribution in [0.15, 0.2) is 60.7 Å². The molecule has 0 heterocycles. The van der Waals surface area contributed by atoms with Crippen LogP contribution in [0.1, 0.15) is 18.1 Å². The zero-order valence-corrected chi connectivity index (χ0v) is 15.9. The van der Waals surface area contributed by atoms with Crippen LogP contribution < -0.4 is 10.6 Å². The van der Waals surface area contributed by atoms with Gasteiger partial charge in [-0.3, -0.25) is 9.59 Å². The van der Waals surface area contributed by atoms with Gasteiger partial charge in [0.25, 0.3) is 0 Å². The molecule has 2 aromatic rings. The summed E-state index contributed by atoms with van der Waals surface area (Å²) in [5, 5.41) is 22.8. The second kappa shape index (κ2) is 10.9. The molecule has 0 spiro atoms. The highest BCUT2D eigenvalue weighted by Gasteiger charge is 2.27. The second-order valence-corrected chi connectivity index (χ2v) is 6.45. The normalized spacial score (nSPS) is 12.7. The lowest BCUT2D eigenvalue weighted by molar-refractivity contribution is -0.148. The van der Waals surface area contributed by atoms with Crippen molar-refractivity contribution >= 4 is 17.8 Å². The van der Waals surface area contributed by atoms with Crippen LogP contribution >= 0.6 is 0 Å². The van der Waals surface area contributed by atoms with Crippen LogP contribution in [-0.2, 0) is 27.4 Å². The van der Waals surface area contributed by atoms with Gasteiger partial charge in [-0.1, -0.05) is 60.7 Å². The smallest absolute Gasteiger partial charge is 0.408 e. The number of aliphatic hydroxyl groups excluding tert-OH is 1. The van der Waals surface area contributed by atoms with Crippen molar-refractivity contribution in [2.24, 2.45) is 0 Å². The van der Waals surface area contributed by atoms with Gasteiger partial charge < -0.3 is 25.6 Å². The molecule has 0 fully saturated rings. The van der Waals surface area contributed by atoms with Crippen LogP contribution in [0.4, 0.5) is 4.79 Å². The molecule has 8 heteroatoms. The fourth-order valence-electron chi connectivity index (χ4n) is 2.57. The van der Waals surface area contributed by atoms with E-state index in [4.69, 9.17) is 14.9 Å². The van der Waals surface area contributed by atoms with Crippen molar-refractivity contribution in [2.45, 2.75) is 38.3 Å². The Hall–Kier alpha value is -3.23. The molecule has 0 aliphatic carbocycles. The van der Waals surface area contributed by atoms with E-state index in [0.717, 1.165) is 11.1 Å². The van der Waals surface area contributed by atoms with E-state index in [-0.39, 0.29) is 13.0 Å². The number of ether oxygens (including phenoxy) is 1. The van der Waals surface area contributed by atoms with Gasteiger partial charge in [-0.05, 0) is 18.1 Å². The SMILES string of the molecule is C[C@H](NC(=O)[C@H](Cc1ccccc1)NC(=O)OCc1ccccc1)C(=O)C(O)O. The molecule has 0 bridgehead atoms. The molecule has 0 saturated heterocycles. The van der Waals surface area contributed by atoms with Gasteiger partial charge in [0.05, 0.1) is 6.04 Å². The number of ketones is 1. The Labute approximate surface area is 168 Å². The summed E-state index contributed by atoms with van der Waals surface area (Å²) >= 11 is 0. The maximum Gasteiger partial charge on any atom is 0.408 e. The van der Waals surface area contributed by atoms with Gasteiger partial charge in [0, 0.05) is 6.42 Å². The Morgan fingerprint density at radius 2 is 1.45 bits per heavy atom. The van der Waals surface area contributed by atoms with E-state index in [9.17, 15) is 14.4 Å². The zero-order chi connectivity index (χ0) is 21.2. The molecule has 4 N–H and O–H groups in total. The summed E-state index contributed by atoms with van der Waals surface area (Å²) in [4.78, 5) is 36.4. The molecule has 154 valence electrons. The number of amides is 2. The molecule has 2 atom stereocenters. The third-order valence-electron chi connectivity index (χ3n) is 4.14. The second-order valence-electron chi connectivity index (χ2n) is 6.45. The molecule has 8 nitrogen and oxygen atoms in total. The summed E-state index contributed by atoms with van der Waals surface area (Å²) in [5.74, 6) is -1.60. The van der Waals surface area contributed by atoms with E-state index in [0.29, 0.717) is 0 Å². The molecule has 2 rings (SSSR count). The Morgan fingerprint density at radius 3 is 2.00 bits per heavy atom. The number of rotatable bonds is 9. The maximum absolute atomic E-state index is 12.6. The molecule has 0 radical (unpaired) electrons. The summed E-state index contributed by atoms with van der Waals surface area (Å²) < 4.78 is 5.16. The fourth-order valence-corrected chi connectivity index (χ4v) is 2.57. The first-order valence-electron chi connectivity index (χ1n) is 9.08. The molecular formula is C21H24N2O6. The van der Waals surface area contributed by atoms with Crippen molar-refractivity contribution < 1.29 is 29.3 Å². The number of aliphatic hydroxyl groups is 2. The predicted octanol–water partition coefficient (Wildman–Crippen LogP) is 0.909. The third-order valence-corrected chi connectivity index (χ3v) is 4.14. The molecule has 2 amide bonds. The van der Waals surface area contributed by atoms with Crippen LogP contribution in [0.5, 0.6) is 0 Å². The third kappa shape index (κ3) is 7.36. The average Bonchev–Trinajstić information content (AvgIpc) is 2.72. The Bertz CT molecular complexity index is 810. The highest BCUT2D eigenvalue weighted by atomic mass is 16.5. The highest BCUT2D eigenvalue weighted by Crippen LogP contribution is 2.06. The number of carbonyl (C=O) groups is 3. The summed E-state index contributed by atoms with van der Waals surface area (Å²) in [7, 11) is 0. The van der Waals surface area contributed by atoms with E-state index in [1.807, 2.05) is 24.3 Å². The van der Waals surface area contributed by atoms with Gasteiger partial charge in [0.15, 0.2) is 0 Å². The summed E-state index contributed by atoms with van der Waals surface area (Å²) in [6, 6.07) is 15.9. The molecule has 0 aromatic heterocycles. The minimum Gasteiger partial charge on any atom is -0.445 e. The number of hydrogen-bond donors (Lipinski definition) is 4. The van der Waals surface area contributed by atoms with Gasteiger partial charge in [-0.15, -0.1) is 0 Å². The van der Waals surface area contributed by atoms with Gasteiger partial charge >= 0.3 is 6.09 Å². The lowest BCUT2D eigenvalue weighted by atomic mass is 10.0. The van der Waals surface area contributed by atoms with Gasteiger partial charge in [-0.25, -0.2) is 4.79 Å². The molecule has 0 saturated carbocycles. The summed E-state index contributed by atoms with van der Waals surface area (Å²) in [5.41, 5.74) is 1.58. The number of Topliss-reactive ketones (excluding diaryl/α,β-unsaturated/α-hetero) is 1. The standard InChI is InChI=1S/C21H24N2O6/c1-14(18(24)20(26)27)22-19(25)17(12-15-8-4-2-5-9-15)23-21(28)29-13-16-10-6-3-7-11-16/h2-11,14,17,20,26-27H,12-13H2,1H3,(H,22,25)(H,23,28)/t14-,17-/m0/s1. The van der Waals surface area contributed by atoms with Crippen molar-refractivity contribution in [1.82, 2.24) is 10.6 Å². The maximum atomic E-state index is 12.6. The average molecular weight is 400 g/mol. The van der Waals surface area contributed by atoms with Crippen LogP contribution in [0, 0.1) is 0 Å². The molecule has 0 aliphatic rings. The summed E-state index contributed by atoms with van der Waals surface area (Å²) in [6.45, 7) is 1.37. The lowest BCUT2D eigenvalue weighted by Gasteiger charge is -2.21. The number of carbonyl (C=O) groups excluding carboxylic acids is 3. The number of alkyl carbamates (subject to hydrolysis) is 1. The van der Waals surface area contributed by atoms with Crippen molar-refractivity contribution in [1.29, 1.82) is 0 Å². The minimum absolute atomic E-state index is 0.0396. The van der Waals surface area contributed by atoms with Gasteiger partial charge in [0.2, 0.25) is 18.0 Å². The highest BCUT2D eigenvalue weighted by molar-refractivity contribution is 5.93. The van der Waals surface area contributed by atoms with Crippen LogP contribution in [0.2, 0.25) is 0 Å². The molecule has 0 unspecified atom stereocenters. The summed E-state index contributed by atoms with van der Waals surface area (Å²) in [6.07, 6.45) is -2.82. The van der Waals surface area contributed by atoms with Crippen molar-refractivity contribution in [3.05, 3.63) is 71.8 Å². The quantitative estimate of drug-likeness (QED) is 0.464. The van der Waals surface area contributed by atoms with E-state index in [1.54, 1.807) is 36.4 Å². The molecule has 29 heavy (non-hydrogen) atoms. The van der Waals surface area contributed by atoms with Crippen molar-refractivity contribution in [3.8, 4) is 0 Å². The topological polar surface area (TPSA) is 125 Å². The first kappa shape index (κ1) is 22.1. The van der Waals surface area contributed by atoms with Crippen LogP contribution in [0.3, 0.4) is 0 Å². The Morgan fingerprint density at radius 1 is 0.897 bits per heavy atom. The number of nitrogens with one attached hydrogen (secondary N) is 2. The molecular weight excluding hydrogens is 376 g/mol. The van der Waals surface area contributed by atoms with E-state index in [1.165, 1.54) is 6.92 Å². The fraction of sp³-hybridized carbons (Fsp3) is 0.286. The van der Waals surface area contributed by atoms with E-state index in [2.05, 4.69) is 10.6 Å². The first-order chi connectivity index (χ1) is 13.9. The van der Waals surface area contributed by atoms with Crippen molar-refractivity contribution in [3.63, 3.8) is 0 Å². The minimum atomic E-state index is -2.19. The monoisotopic (exact) mass is 400 g/mol. The van der Waals surface area contributed by atoms with Crippen molar-refractivity contribution in [2.75, 3.05) is 0 Å². The first-order valence-corrected chi connectivity index (χ1v) is 9.08. The largest absolute Gasteiger partial charge is 0.445 e. The van der Waals surface area contributed by atoms with Crippen LogP contribution in [-0.4, -0.2) is 46.4 Å². The lowest BCUT2D eigenvalue weighted by Crippen LogP contribution is -2.53. The van der Waals surface area contributed by atoms with Gasteiger partial charge in [-0.2, -0.15) is 0 Å². The van der Waals surface area contributed by atoms with E-state index < -0.39 is 36.2 Å².